The number of rotatable bonds is 2. The van der Waals surface area contributed by atoms with Gasteiger partial charge < -0.3 is 5.32 Å². The van der Waals surface area contributed by atoms with Gasteiger partial charge in [-0.1, -0.05) is 11.6 Å². The Hall–Kier alpha value is -0.900. The van der Waals surface area contributed by atoms with Gasteiger partial charge in [0.25, 0.3) is 0 Å². The van der Waals surface area contributed by atoms with E-state index in [-0.39, 0.29) is 16.8 Å². The standard InChI is InChI=1S/C11H11ClF3N/c12-7-4-5-10(16-8-2-1-3-8)9(6-7)11(13,14)15/h4-6,8,16H,1-3H2. The fourth-order valence-electron chi connectivity index (χ4n) is 1.65. The Morgan fingerprint density at radius 1 is 1.25 bits per heavy atom. The predicted octanol–water partition coefficient (Wildman–Crippen LogP) is 4.32. The van der Waals surface area contributed by atoms with Crippen LogP contribution in [0.15, 0.2) is 18.2 Å². The van der Waals surface area contributed by atoms with Crippen molar-refractivity contribution in [2.75, 3.05) is 5.32 Å². The van der Waals surface area contributed by atoms with Crippen LogP contribution in [0.1, 0.15) is 24.8 Å². The van der Waals surface area contributed by atoms with Gasteiger partial charge in [0.05, 0.1) is 5.56 Å². The first-order valence-electron chi connectivity index (χ1n) is 5.10. The van der Waals surface area contributed by atoms with Gasteiger partial charge in [0.1, 0.15) is 0 Å². The average molecular weight is 250 g/mol. The molecule has 1 aliphatic rings. The van der Waals surface area contributed by atoms with Crippen molar-refractivity contribution in [1.29, 1.82) is 0 Å². The minimum Gasteiger partial charge on any atom is -0.382 e. The van der Waals surface area contributed by atoms with Crippen LogP contribution in [0, 0.1) is 0 Å². The lowest BCUT2D eigenvalue weighted by Crippen LogP contribution is -2.28. The Labute approximate surface area is 96.6 Å². The Balaban J connectivity index is 2.28. The van der Waals surface area contributed by atoms with Crippen molar-refractivity contribution in [2.45, 2.75) is 31.5 Å². The number of hydrogen-bond acceptors (Lipinski definition) is 1. The summed E-state index contributed by atoms with van der Waals surface area (Å²) < 4.78 is 38.1. The summed E-state index contributed by atoms with van der Waals surface area (Å²) in [5.41, 5.74) is -0.562. The maximum Gasteiger partial charge on any atom is 0.418 e. The highest BCUT2D eigenvalue weighted by atomic mass is 35.5. The Morgan fingerprint density at radius 2 is 1.94 bits per heavy atom. The molecule has 0 heterocycles. The molecule has 1 saturated carbocycles. The van der Waals surface area contributed by atoms with Crippen LogP contribution in [0.25, 0.3) is 0 Å². The van der Waals surface area contributed by atoms with Gasteiger partial charge in [-0.05, 0) is 37.5 Å². The van der Waals surface area contributed by atoms with Crippen LogP contribution in [0.2, 0.25) is 5.02 Å². The molecule has 1 fully saturated rings. The normalized spacial score (nSPS) is 17.0. The highest BCUT2D eigenvalue weighted by Gasteiger charge is 2.34. The largest absolute Gasteiger partial charge is 0.418 e. The molecule has 1 aromatic rings. The maximum absolute atomic E-state index is 12.7. The third kappa shape index (κ3) is 2.43. The van der Waals surface area contributed by atoms with E-state index >= 15 is 0 Å². The first-order valence-corrected chi connectivity index (χ1v) is 5.48. The fraction of sp³-hybridized carbons (Fsp3) is 0.455. The van der Waals surface area contributed by atoms with E-state index in [1.807, 2.05) is 0 Å². The van der Waals surface area contributed by atoms with Gasteiger partial charge in [-0.15, -0.1) is 0 Å². The lowest BCUT2D eigenvalue weighted by atomic mass is 9.92. The van der Waals surface area contributed by atoms with Crippen LogP contribution in [0.5, 0.6) is 0 Å². The molecule has 0 unspecified atom stereocenters. The number of benzene rings is 1. The Kier molecular flexibility index (Phi) is 3.02. The van der Waals surface area contributed by atoms with Crippen molar-refractivity contribution in [2.24, 2.45) is 0 Å². The van der Waals surface area contributed by atoms with Gasteiger partial charge in [0.15, 0.2) is 0 Å². The van der Waals surface area contributed by atoms with E-state index in [9.17, 15) is 13.2 Å². The molecule has 1 aromatic carbocycles. The topological polar surface area (TPSA) is 12.0 Å². The van der Waals surface area contributed by atoms with Crippen molar-refractivity contribution < 1.29 is 13.2 Å². The summed E-state index contributed by atoms with van der Waals surface area (Å²) in [7, 11) is 0. The molecule has 0 aromatic heterocycles. The van der Waals surface area contributed by atoms with E-state index < -0.39 is 11.7 Å². The molecule has 16 heavy (non-hydrogen) atoms. The third-order valence-electron chi connectivity index (χ3n) is 2.75. The van der Waals surface area contributed by atoms with Gasteiger partial charge in [-0.3, -0.25) is 0 Å². The number of nitrogens with one attached hydrogen (secondary N) is 1. The quantitative estimate of drug-likeness (QED) is 0.823. The van der Waals surface area contributed by atoms with E-state index in [1.165, 1.54) is 12.1 Å². The molecule has 1 N–H and O–H groups in total. The van der Waals surface area contributed by atoms with E-state index in [1.54, 1.807) is 0 Å². The highest BCUT2D eigenvalue weighted by Crippen LogP contribution is 2.37. The maximum atomic E-state index is 12.7. The molecule has 1 nitrogen and oxygen atoms in total. The van der Waals surface area contributed by atoms with Gasteiger partial charge in [-0.25, -0.2) is 0 Å². The summed E-state index contributed by atoms with van der Waals surface area (Å²) in [5, 5.41) is 3.01. The van der Waals surface area contributed by atoms with Gasteiger partial charge in [0.2, 0.25) is 0 Å². The van der Waals surface area contributed by atoms with Crippen molar-refractivity contribution >= 4 is 17.3 Å². The first-order chi connectivity index (χ1) is 7.47. The zero-order chi connectivity index (χ0) is 11.8. The molecule has 0 saturated heterocycles. The summed E-state index contributed by atoms with van der Waals surface area (Å²) in [6.07, 6.45) is -1.43. The van der Waals surface area contributed by atoms with Crippen LogP contribution in [0.4, 0.5) is 18.9 Å². The molecule has 0 radical (unpaired) electrons. The van der Waals surface area contributed by atoms with Crippen molar-refractivity contribution in [3.05, 3.63) is 28.8 Å². The summed E-state index contributed by atoms with van der Waals surface area (Å²) in [6, 6.07) is 3.99. The van der Waals surface area contributed by atoms with Gasteiger partial charge in [-0.2, -0.15) is 13.2 Å². The highest BCUT2D eigenvalue weighted by molar-refractivity contribution is 6.30. The van der Waals surface area contributed by atoms with E-state index in [0.717, 1.165) is 25.3 Å². The third-order valence-corrected chi connectivity index (χ3v) is 2.99. The molecule has 2 rings (SSSR count). The van der Waals surface area contributed by atoms with Crippen molar-refractivity contribution in [1.82, 2.24) is 0 Å². The Morgan fingerprint density at radius 3 is 2.44 bits per heavy atom. The molecule has 0 aliphatic heterocycles. The summed E-state index contributed by atoms with van der Waals surface area (Å²) >= 11 is 5.58. The minimum atomic E-state index is -4.36. The van der Waals surface area contributed by atoms with Gasteiger partial charge in [0, 0.05) is 16.8 Å². The van der Waals surface area contributed by atoms with Crippen LogP contribution in [-0.4, -0.2) is 6.04 Å². The second kappa shape index (κ2) is 4.17. The summed E-state index contributed by atoms with van der Waals surface area (Å²) in [4.78, 5) is 0. The minimum absolute atomic E-state index is 0.103. The summed E-state index contributed by atoms with van der Waals surface area (Å²) in [5.74, 6) is 0. The molecule has 1 aliphatic carbocycles. The summed E-state index contributed by atoms with van der Waals surface area (Å²) in [6.45, 7) is 0. The van der Waals surface area contributed by atoms with Crippen LogP contribution >= 0.6 is 11.6 Å². The monoisotopic (exact) mass is 249 g/mol. The number of hydrogen-bond donors (Lipinski definition) is 1. The van der Waals surface area contributed by atoms with E-state index in [0.29, 0.717) is 0 Å². The predicted molar refractivity (Wildman–Crippen MR) is 57.7 cm³/mol. The lowest BCUT2D eigenvalue weighted by molar-refractivity contribution is -0.137. The first kappa shape index (κ1) is 11.6. The number of halogens is 4. The zero-order valence-corrected chi connectivity index (χ0v) is 9.20. The van der Waals surface area contributed by atoms with Gasteiger partial charge >= 0.3 is 6.18 Å². The van der Waals surface area contributed by atoms with E-state index in [2.05, 4.69) is 5.32 Å². The molecule has 0 spiro atoms. The smallest absolute Gasteiger partial charge is 0.382 e. The van der Waals surface area contributed by atoms with Crippen LogP contribution < -0.4 is 5.32 Å². The molecule has 0 atom stereocenters. The fourth-order valence-corrected chi connectivity index (χ4v) is 1.82. The SMILES string of the molecule is FC(F)(F)c1cc(Cl)ccc1NC1CCC1. The lowest BCUT2D eigenvalue weighted by Gasteiger charge is -2.29. The second-order valence-electron chi connectivity index (χ2n) is 3.96. The number of alkyl halides is 3. The molecular weight excluding hydrogens is 239 g/mol. The molecule has 88 valence electrons. The Bertz CT molecular complexity index is 385. The van der Waals surface area contributed by atoms with E-state index in [4.69, 9.17) is 11.6 Å². The van der Waals surface area contributed by atoms with Crippen molar-refractivity contribution in [3.8, 4) is 0 Å². The number of anilines is 1. The second-order valence-corrected chi connectivity index (χ2v) is 4.40. The molecular formula is C11H11ClF3N. The van der Waals surface area contributed by atoms with Crippen LogP contribution in [0.3, 0.4) is 0 Å². The molecule has 0 bridgehead atoms. The zero-order valence-electron chi connectivity index (χ0n) is 8.44. The molecule has 0 amide bonds. The van der Waals surface area contributed by atoms with Crippen LogP contribution in [-0.2, 0) is 6.18 Å². The van der Waals surface area contributed by atoms with Crippen molar-refractivity contribution in [3.63, 3.8) is 0 Å². The molecule has 5 heteroatoms. The average Bonchev–Trinajstić information content (AvgIpc) is 2.11.